The molecule has 0 unspecified atom stereocenters. The molecule has 0 spiro atoms. The second-order valence-corrected chi connectivity index (χ2v) is 8.30. The lowest BCUT2D eigenvalue weighted by Gasteiger charge is -2.18. The number of hydrogen-bond donors (Lipinski definition) is 0. The molecule has 3 nitrogen and oxygen atoms in total. The summed E-state index contributed by atoms with van der Waals surface area (Å²) in [6.07, 6.45) is 3.93. The first kappa shape index (κ1) is 22.1. The summed E-state index contributed by atoms with van der Waals surface area (Å²) in [5.74, 6) is 1.76. The number of unbranched alkanes of at least 4 members (excludes halogenated alkanes) is 2. The standard InChI is InChI=1S/C22H23FN2OS2/c1-3-5-12-27-21-19(23)17(14-24)18(15-25)20(22(21)28-13-6-4-2)26-16-10-8-7-9-11-16/h7-11H,3-6,12-13H2,1-2H3. The lowest BCUT2D eigenvalue weighted by molar-refractivity contribution is 0.459. The smallest absolute Gasteiger partial charge is 0.161 e. The SMILES string of the molecule is CCCCSc1c(F)c(C#N)c(C#N)c(Oc2ccccc2)c1SCCCC. The molecule has 2 aromatic rings. The zero-order valence-electron chi connectivity index (χ0n) is 16.1. The van der Waals surface area contributed by atoms with E-state index in [4.69, 9.17) is 4.74 Å². The van der Waals surface area contributed by atoms with Gasteiger partial charge in [-0.25, -0.2) is 4.39 Å². The second-order valence-electron chi connectivity index (χ2n) is 6.09. The van der Waals surface area contributed by atoms with E-state index >= 15 is 4.39 Å². The Balaban J connectivity index is 2.63. The minimum atomic E-state index is -0.612. The van der Waals surface area contributed by atoms with E-state index in [0.29, 0.717) is 15.5 Å². The maximum absolute atomic E-state index is 15.2. The number of ether oxygens (including phenoxy) is 1. The van der Waals surface area contributed by atoms with Crippen LogP contribution in [-0.2, 0) is 0 Å². The second kappa shape index (κ2) is 11.6. The fourth-order valence-corrected chi connectivity index (χ4v) is 5.04. The summed E-state index contributed by atoms with van der Waals surface area (Å²) in [4.78, 5) is 1.03. The number of nitrogens with zero attached hydrogens (tertiary/aromatic N) is 2. The van der Waals surface area contributed by atoms with Crippen molar-refractivity contribution in [3.63, 3.8) is 0 Å². The molecule has 0 heterocycles. The Morgan fingerprint density at radius 1 is 0.893 bits per heavy atom. The molecule has 28 heavy (non-hydrogen) atoms. The third-order valence-electron chi connectivity index (χ3n) is 3.98. The number of para-hydroxylation sites is 1. The number of halogens is 1. The van der Waals surface area contributed by atoms with Crippen molar-refractivity contribution in [3.05, 3.63) is 47.3 Å². The van der Waals surface area contributed by atoms with Gasteiger partial charge in [0.1, 0.15) is 29.0 Å². The third kappa shape index (κ3) is 5.44. The Morgan fingerprint density at radius 2 is 1.46 bits per heavy atom. The Kier molecular flexibility index (Phi) is 9.20. The number of thioether (sulfide) groups is 2. The van der Waals surface area contributed by atoms with Crippen LogP contribution in [0.4, 0.5) is 4.39 Å². The molecule has 0 atom stereocenters. The largest absolute Gasteiger partial charge is 0.455 e. The fraction of sp³-hybridized carbons (Fsp3) is 0.364. The Bertz CT molecular complexity index is 873. The third-order valence-corrected chi connectivity index (χ3v) is 6.45. The number of nitriles is 2. The van der Waals surface area contributed by atoms with Crippen molar-refractivity contribution < 1.29 is 9.13 Å². The van der Waals surface area contributed by atoms with Crippen LogP contribution in [0.2, 0.25) is 0 Å². The first-order valence-corrected chi connectivity index (χ1v) is 11.3. The number of rotatable bonds is 10. The van der Waals surface area contributed by atoms with Gasteiger partial charge in [0, 0.05) is 0 Å². The van der Waals surface area contributed by atoms with Gasteiger partial charge >= 0.3 is 0 Å². The molecular formula is C22H23FN2OS2. The first-order chi connectivity index (χ1) is 13.7. The molecule has 0 aliphatic heterocycles. The molecule has 0 aromatic heterocycles. The van der Waals surface area contributed by atoms with E-state index in [1.165, 1.54) is 23.5 Å². The van der Waals surface area contributed by atoms with Crippen LogP contribution in [-0.4, -0.2) is 11.5 Å². The van der Waals surface area contributed by atoms with E-state index in [2.05, 4.69) is 13.8 Å². The summed E-state index contributed by atoms with van der Waals surface area (Å²) in [5.41, 5.74) is -0.282. The molecule has 0 radical (unpaired) electrons. The average molecular weight is 415 g/mol. The maximum Gasteiger partial charge on any atom is 0.161 e. The van der Waals surface area contributed by atoms with E-state index < -0.39 is 5.82 Å². The van der Waals surface area contributed by atoms with Crippen LogP contribution in [0.15, 0.2) is 40.1 Å². The Hall–Kier alpha value is -2.15. The highest BCUT2D eigenvalue weighted by Gasteiger charge is 2.26. The average Bonchev–Trinajstić information content (AvgIpc) is 2.72. The van der Waals surface area contributed by atoms with E-state index in [1.54, 1.807) is 12.1 Å². The highest BCUT2D eigenvalue weighted by atomic mass is 32.2. The predicted octanol–water partition coefficient (Wildman–Crippen LogP) is 7.15. The number of benzene rings is 2. The van der Waals surface area contributed by atoms with Gasteiger partial charge < -0.3 is 4.74 Å². The van der Waals surface area contributed by atoms with Crippen LogP contribution in [0.25, 0.3) is 0 Å². The molecule has 0 bridgehead atoms. The van der Waals surface area contributed by atoms with E-state index in [0.717, 1.165) is 37.2 Å². The zero-order valence-corrected chi connectivity index (χ0v) is 17.8. The van der Waals surface area contributed by atoms with E-state index in [-0.39, 0.29) is 16.9 Å². The topological polar surface area (TPSA) is 56.8 Å². The van der Waals surface area contributed by atoms with Crippen molar-refractivity contribution in [2.75, 3.05) is 11.5 Å². The van der Waals surface area contributed by atoms with Crippen LogP contribution in [0.3, 0.4) is 0 Å². The molecule has 146 valence electrons. The van der Waals surface area contributed by atoms with Crippen LogP contribution < -0.4 is 4.74 Å². The lowest BCUT2D eigenvalue weighted by Crippen LogP contribution is -2.02. The summed E-state index contributed by atoms with van der Waals surface area (Å²) >= 11 is 2.89. The normalized spacial score (nSPS) is 10.3. The lowest BCUT2D eigenvalue weighted by atomic mass is 10.1. The van der Waals surface area contributed by atoms with Gasteiger partial charge in [-0.1, -0.05) is 44.9 Å². The fourth-order valence-electron chi connectivity index (χ4n) is 2.47. The van der Waals surface area contributed by atoms with Crippen molar-refractivity contribution in [2.45, 2.75) is 49.3 Å². The quantitative estimate of drug-likeness (QED) is 0.305. The van der Waals surface area contributed by atoms with Crippen LogP contribution in [0.5, 0.6) is 11.5 Å². The van der Waals surface area contributed by atoms with Gasteiger partial charge in [-0.2, -0.15) is 10.5 Å². The summed E-state index contributed by atoms with van der Waals surface area (Å²) < 4.78 is 21.2. The summed E-state index contributed by atoms with van der Waals surface area (Å²) in [7, 11) is 0. The Morgan fingerprint density at radius 3 is 2.00 bits per heavy atom. The minimum absolute atomic E-state index is 0.0392. The summed E-state index contributed by atoms with van der Waals surface area (Å²) in [5, 5.41) is 19.2. The van der Waals surface area contributed by atoms with Crippen LogP contribution in [0.1, 0.15) is 50.7 Å². The van der Waals surface area contributed by atoms with Crippen LogP contribution >= 0.6 is 23.5 Å². The van der Waals surface area contributed by atoms with Crippen LogP contribution in [0, 0.1) is 28.5 Å². The van der Waals surface area contributed by atoms with Gasteiger partial charge in [-0.3, -0.25) is 0 Å². The molecule has 0 aliphatic carbocycles. The van der Waals surface area contributed by atoms with E-state index in [1.807, 2.05) is 30.3 Å². The molecule has 0 saturated carbocycles. The molecule has 0 N–H and O–H groups in total. The molecule has 6 heteroatoms. The first-order valence-electron chi connectivity index (χ1n) is 9.35. The van der Waals surface area contributed by atoms with Gasteiger partial charge in [0.05, 0.1) is 9.79 Å². The van der Waals surface area contributed by atoms with Crippen molar-refractivity contribution in [1.82, 2.24) is 0 Å². The molecule has 2 aromatic carbocycles. The van der Waals surface area contributed by atoms with Gasteiger partial charge in [0.2, 0.25) is 0 Å². The molecule has 0 fully saturated rings. The number of hydrogen-bond acceptors (Lipinski definition) is 5. The highest BCUT2D eigenvalue weighted by molar-refractivity contribution is 8.02. The zero-order chi connectivity index (χ0) is 20.4. The van der Waals surface area contributed by atoms with Gasteiger partial charge in [0.25, 0.3) is 0 Å². The van der Waals surface area contributed by atoms with Gasteiger partial charge in [-0.05, 0) is 36.5 Å². The monoisotopic (exact) mass is 414 g/mol. The summed E-state index contributed by atoms with van der Waals surface area (Å²) in [6, 6.07) is 12.9. The highest BCUT2D eigenvalue weighted by Crippen LogP contribution is 2.46. The molecule has 0 aliphatic rings. The van der Waals surface area contributed by atoms with E-state index in [9.17, 15) is 10.5 Å². The van der Waals surface area contributed by atoms with Crippen molar-refractivity contribution in [2.24, 2.45) is 0 Å². The molecule has 2 rings (SSSR count). The van der Waals surface area contributed by atoms with Gasteiger partial charge in [0.15, 0.2) is 11.6 Å². The Labute approximate surface area is 174 Å². The predicted molar refractivity (Wildman–Crippen MR) is 114 cm³/mol. The van der Waals surface area contributed by atoms with Crippen molar-refractivity contribution in [1.29, 1.82) is 10.5 Å². The minimum Gasteiger partial charge on any atom is -0.455 e. The molecular weight excluding hydrogens is 391 g/mol. The summed E-state index contributed by atoms with van der Waals surface area (Å²) in [6.45, 7) is 4.18. The molecule has 0 saturated heterocycles. The maximum atomic E-state index is 15.2. The van der Waals surface area contributed by atoms with Crippen molar-refractivity contribution in [3.8, 4) is 23.6 Å². The van der Waals surface area contributed by atoms with Gasteiger partial charge in [-0.15, -0.1) is 23.5 Å². The molecule has 0 amide bonds. The van der Waals surface area contributed by atoms with Crippen molar-refractivity contribution >= 4 is 23.5 Å².